The minimum absolute atomic E-state index is 0.116. The van der Waals surface area contributed by atoms with Crippen LogP contribution in [0.15, 0.2) is 30.6 Å². The zero-order valence-corrected chi connectivity index (χ0v) is 11.7. The molecule has 3 aromatic rings. The predicted octanol–water partition coefficient (Wildman–Crippen LogP) is 1.15. The second-order valence-electron chi connectivity index (χ2n) is 4.65. The second kappa shape index (κ2) is 5.74. The number of nitrogens with zero attached hydrogens (tertiary/aromatic N) is 4. The average Bonchev–Trinajstić information content (AvgIpc) is 3.15. The summed E-state index contributed by atoms with van der Waals surface area (Å²) in [5, 5.41) is 11.0. The van der Waals surface area contributed by atoms with Gasteiger partial charge in [-0.3, -0.25) is 4.79 Å². The number of amides is 1. The number of H-pyrrole nitrogens is 1. The van der Waals surface area contributed by atoms with E-state index < -0.39 is 0 Å². The van der Waals surface area contributed by atoms with Crippen LogP contribution in [0.1, 0.15) is 23.1 Å². The first-order valence-electron chi connectivity index (χ1n) is 6.87. The topological polar surface area (TPSA) is 88.5 Å². The SMILES string of the molecule is CCn1nnc2cc(C(=O)NCCc3ncc[nH]3)ccc21. The molecule has 2 heterocycles. The molecular formula is C14H16N6O. The highest BCUT2D eigenvalue weighted by molar-refractivity contribution is 5.97. The number of benzene rings is 1. The highest BCUT2D eigenvalue weighted by Crippen LogP contribution is 2.13. The van der Waals surface area contributed by atoms with Gasteiger partial charge in [0.15, 0.2) is 0 Å². The molecule has 3 rings (SSSR count). The van der Waals surface area contributed by atoms with Crippen molar-refractivity contribution in [1.29, 1.82) is 0 Å². The Morgan fingerprint density at radius 3 is 3.10 bits per heavy atom. The van der Waals surface area contributed by atoms with Crippen LogP contribution in [-0.2, 0) is 13.0 Å². The van der Waals surface area contributed by atoms with E-state index in [1.54, 1.807) is 29.2 Å². The third-order valence-corrected chi connectivity index (χ3v) is 3.28. The van der Waals surface area contributed by atoms with Gasteiger partial charge in [0, 0.05) is 37.5 Å². The highest BCUT2D eigenvalue weighted by atomic mass is 16.1. The molecule has 0 aliphatic carbocycles. The van der Waals surface area contributed by atoms with Crippen molar-refractivity contribution in [3.05, 3.63) is 42.0 Å². The number of hydrogen-bond acceptors (Lipinski definition) is 4. The molecule has 0 saturated heterocycles. The Kier molecular flexibility index (Phi) is 3.63. The summed E-state index contributed by atoms with van der Waals surface area (Å²) >= 11 is 0. The fraction of sp³-hybridized carbons (Fsp3) is 0.286. The maximum atomic E-state index is 12.1. The maximum Gasteiger partial charge on any atom is 0.251 e. The fourth-order valence-corrected chi connectivity index (χ4v) is 2.18. The van der Waals surface area contributed by atoms with Crippen LogP contribution >= 0.6 is 0 Å². The van der Waals surface area contributed by atoms with E-state index in [0.717, 1.165) is 23.4 Å². The molecule has 0 radical (unpaired) electrons. The molecule has 7 heteroatoms. The van der Waals surface area contributed by atoms with Crippen LogP contribution in [0.3, 0.4) is 0 Å². The lowest BCUT2D eigenvalue weighted by Gasteiger charge is -2.04. The standard InChI is InChI=1S/C14H16N6O/c1-2-20-12-4-3-10(9-11(12)18-19-20)14(21)17-6-5-13-15-7-8-16-13/h3-4,7-9H,2,5-6H2,1H3,(H,15,16)(H,17,21). The molecule has 1 aromatic carbocycles. The van der Waals surface area contributed by atoms with Crippen molar-refractivity contribution in [2.75, 3.05) is 6.54 Å². The van der Waals surface area contributed by atoms with Crippen LogP contribution < -0.4 is 5.32 Å². The summed E-state index contributed by atoms with van der Waals surface area (Å²) in [6.45, 7) is 3.29. The van der Waals surface area contributed by atoms with Crippen molar-refractivity contribution in [3.8, 4) is 0 Å². The summed E-state index contributed by atoms with van der Waals surface area (Å²) in [4.78, 5) is 19.2. The minimum atomic E-state index is -0.116. The fourth-order valence-electron chi connectivity index (χ4n) is 2.18. The summed E-state index contributed by atoms with van der Waals surface area (Å²) in [6, 6.07) is 5.43. The zero-order valence-electron chi connectivity index (χ0n) is 11.7. The molecule has 1 amide bonds. The number of hydrogen-bond donors (Lipinski definition) is 2. The van der Waals surface area contributed by atoms with E-state index in [9.17, 15) is 4.79 Å². The molecule has 0 fully saturated rings. The number of aromatic amines is 1. The number of fused-ring (bicyclic) bond motifs is 1. The Morgan fingerprint density at radius 1 is 1.43 bits per heavy atom. The van der Waals surface area contributed by atoms with E-state index in [1.807, 2.05) is 13.0 Å². The quantitative estimate of drug-likeness (QED) is 0.735. The second-order valence-corrected chi connectivity index (χ2v) is 4.65. The first kappa shape index (κ1) is 13.3. The largest absolute Gasteiger partial charge is 0.352 e. The summed E-state index contributed by atoms with van der Waals surface area (Å²) in [6.07, 6.45) is 4.14. The lowest BCUT2D eigenvalue weighted by Crippen LogP contribution is -2.25. The van der Waals surface area contributed by atoms with Gasteiger partial charge < -0.3 is 10.3 Å². The molecule has 21 heavy (non-hydrogen) atoms. The first-order chi connectivity index (χ1) is 10.3. The van der Waals surface area contributed by atoms with Crippen LogP contribution in [0.25, 0.3) is 11.0 Å². The normalized spacial score (nSPS) is 10.9. The smallest absolute Gasteiger partial charge is 0.251 e. The van der Waals surface area contributed by atoms with Crippen LogP contribution in [0.4, 0.5) is 0 Å². The van der Waals surface area contributed by atoms with Gasteiger partial charge in [0.05, 0.1) is 5.52 Å². The summed E-state index contributed by atoms with van der Waals surface area (Å²) in [5.41, 5.74) is 2.25. The molecule has 108 valence electrons. The molecule has 2 N–H and O–H groups in total. The molecule has 0 saturated carbocycles. The van der Waals surface area contributed by atoms with Crippen molar-refractivity contribution in [2.24, 2.45) is 0 Å². The Labute approximate surface area is 121 Å². The van der Waals surface area contributed by atoms with E-state index in [0.29, 0.717) is 18.5 Å². The lowest BCUT2D eigenvalue weighted by molar-refractivity contribution is 0.0954. The van der Waals surface area contributed by atoms with Gasteiger partial charge in [-0.2, -0.15) is 0 Å². The number of carbonyl (C=O) groups is 1. The van der Waals surface area contributed by atoms with Gasteiger partial charge in [-0.1, -0.05) is 5.21 Å². The van der Waals surface area contributed by atoms with Gasteiger partial charge in [0.1, 0.15) is 11.3 Å². The van der Waals surface area contributed by atoms with E-state index in [1.165, 1.54) is 0 Å². The molecule has 7 nitrogen and oxygen atoms in total. The van der Waals surface area contributed by atoms with Crippen LogP contribution in [0, 0.1) is 0 Å². The molecule has 0 aliphatic rings. The van der Waals surface area contributed by atoms with Gasteiger partial charge >= 0.3 is 0 Å². The molecule has 0 spiro atoms. The Morgan fingerprint density at radius 2 is 2.33 bits per heavy atom. The van der Waals surface area contributed by atoms with Crippen LogP contribution in [-0.4, -0.2) is 37.4 Å². The Bertz CT molecular complexity index is 746. The molecule has 0 atom stereocenters. The molecule has 0 unspecified atom stereocenters. The number of aryl methyl sites for hydroxylation is 1. The number of imidazole rings is 1. The van der Waals surface area contributed by atoms with E-state index in [-0.39, 0.29) is 5.91 Å². The number of rotatable bonds is 5. The first-order valence-corrected chi connectivity index (χ1v) is 6.87. The van der Waals surface area contributed by atoms with Crippen molar-refractivity contribution < 1.29 is 4.79 Å². The maximum absolute atomic E-state index is 12.1. The van der Waals surface area contributed by atoms with Gasteiger partial charge in [-0.15, -0.1) is 5.10 Å². The van der Waals surface area contributed by atoms with Crippen molar-refractivity contribution in [3.63, 3.8) is 0 Å². The number of carbonyl (C=O) groups excluding carboxylic acids is 1. The van der Waals surface area contributed by atoms with Gasteiger partial charge in [-0.25, -0.2) is 9.67 Å². The monoisotopic (exact) mass is 284 g/mol. The summed E-state index contributed by atoms with van der Waals surface area (Å²) in [5.74, 6) is 0.742. The minimum Gasteiger partial charge on any atom is -0.352 e. The lowest BCUT2D eigenvalue weighted by atomic mass is 10.2. The Balaban J connectivity index is 1.66. The Hall–Kier alpha value is -2.70. The van der Waals surface area contributed by atoms with E-state index >= 15 is 0 Å². The molecule has 0 aliphatic heterocycles. The van der Waals surface area contributed by atoms with Gasteiger partial charge in [0.2, 0.25) is 0 Å². The molecule has 2 aromatic heterocycles. The third kappa shape index (κ3) is 2.76. The predicted molar refractivity (Wildman–Crippen MR) is 77.8 cm³/mol. The van der Waals surface area contributed by atoms with E-state index in [2.05, 4.69) is 25.6 Å². The van der Waals surface area contributed by atoms with Crippen molar-refractivity contribution >= 4 is 16.9 Å². The molecule has 0 bridgehead atoms. The average molecular weight is 284 g/mol. The third-order valence-electron chi connectivity index (χ3n) is 3.28. The molecular weight excluding hydrogens is 268 g/mol. The highest BCUT2D eigenvalue weighted by Gasteiger charge is 2.09. The zero-order chi connectivity index (χ0) is 14.7. The number of nitrogens with one attached hydrogen (secondary N) is 2. The summed E-state index contributed by atoms with van der Waals surface area (Å²) < 4.78 is 1.80. The summed E-state index contributed by atoms with van der Waals surface area (Å²) in [7, 11) is 0. The number of aromatic nitrogens is 5. The van der Waals surface area contributed by atoms with Crippen LogP contribution in [0.5, 0.6) is 0 Å². The van der Waals surface area contributed by atoms with Crippen molar-refractivity contribution in [2.45, 2.75) is 19.9 Å². The van der Waals surface area contributed by atoms with E-state index in [4.69, 9.17) is 0 Å². The van der Waals surface area contributed by atoms with Crippen LogP contribution in [0.2, 0.25) is 0 Å². The van der Waals surface area contributed by atoms with Crippen molar-refractivity contribution in [1.82, 2.24) is 30.3 Å². The van der Waals surface area contributed by atoms with Gasteiger partial charge in [0.25, 0.3) is 5.91 Å². The van der Waals surface area contributed by atoms with Gasteiger partial charge in [-0.05, 0) is 25.1 Å².